The van der Waals surface area contributed by atoms with E-state index in [2.05, 4.69) is 16.0 Å². The predicted molar refractivity (Wildman–Crippen MR) is 106 cm³/mol. The van der Waals surface area contributed by atoms with Gasteiger partial charge in [0.05, 0.1) is 18.4 Å². The minimum atomic E-state index is -0.290. The number of methoxy groups -OCH3 is 1. The molecule has 6 nitrogen and oxygen atoms in total. The number of hydrogen-bond acceptors (Lipinski definition) is 4. The topological polar surface area (TPSA) is 79.5 Å². The molecule has 0 radical (unpaired) electrons. The first-order valence-corrected chi connectivity index (χ1v) is 8.05. The normalized spacial score (nSPS) is 11.0. The molecular formula is C19H24ClN3O3. The van der Waals surface area contributed by atoms with E-state index in [0.29, 0.717) is 29.2 Å². The maximum atomic E-state index is 12.6. The number of carbonyl (C=O) groups excluding carboxylic acids is 2. The fourth-order valence-electron chi connectivity index (χ4n) is 2.32. The number of carbonyl (C=O) groups is 2. The zero-order chi connectivity index (χ0) is 18.2. The van der Waals surface area contributed by atoms with Gasteiger partial charge in [-0.15, -0.1) is 12.4 Å². The van der Waals surface area contributed by atoms with Crippen molar-refractivity contribution in [2.24, 2.45) is 5.92 Å². The molecule has 0 aliphatic rings. The zero-order valence-electron chi connectivity index (χ0n) is 15.0. The second-order valence-electron chi connectivity index (χ2n) is 5.68. The minimum absolute atomic E-state index is 0. The van der Waals surface area contributed by atoms with Crippen molar-refractivity contribution in [1.82, 2.24) is 5.32 Å². The van der Waals surface area contributed by atoms with Crippen LogP contribution in [-0.2, 0) is 4.79 Å². The molecule has 0 aliphatic heterocycles. The summed E-state index contributed by atoms with van der Waals surface area (Å²) in [5.41, 5.74) is 1.54. The third-order valence-corrected chi connectivity index (χ3v) is 3.74. The van der Waals surface area contributed by atoms with Crippen molar-refractivity contribution in [3.63, 3.8) is 0 Å². The largest absolute Gasteiger partial charge is 0.497 e. The van der Waals surface area contributed by atoms with Crippen LogP contribution in [0.15, 0.2) is 48.5 Å². The van der Waals surface area contributed by atoms with Gasteiger partial charge < -0.3 is 20.7 Å². The van der Waals surface area contributed by atoms with E-state index in [4.69, 9.17) is 4.74 Å². The van der Waals surface area contributed by atoms with Crippen LogP contribution in [0, 0.1) is 5.92 Å². The van der Waals surface area contributed by atoms with Gasteiger partial charge in [-0.3, -0.25) is 9.59 Å². The minimum Gasteiger partial charge on any atom is -0.497 e. The molecule has 0 saturated heterocycles. The number of hydrogen-bond donors (Lipinski definition) is 3. The summed E-state index contributed by atoms with van der Waals surface area (Å²) in [4.78, 5) is 24.8. The number of amides is 2. The number of rotatable bonds is 7. The molecule has 3 N–H and O–H groups in total. The second kappa shape index (κ2) is 10.4. The molecule has 0 aliphatic carbocycles. The molecule has 2 aromatic carbocycles. The molecule has 0 spiro atoms. The van der Waals surface area contributed by atoms with Gasteiger partial charge in [-0.25, -0.2) is 0 Å². The fourth-order valence-corrected chi connectivity index (χ4v) is 2.32. The SMILES string of the molecule is CNCC(C)C(=O)Nc1ccccc1C(=O)Nc1ccc(OC)cc1.Cl. The highest BCUT2D eigenvalue weighted by Crippen LogP contribution is 2.20. The molecule has 0 bridgehead atoms. The third kappa shape index (κ3) is 5.75. The maximum absolute atomic E-state index is 12.6. The molecule has 0 saturated carbocycles. The highest BCUT2D eigenvalue weighted by molar-refractivity contribution is 6.10. The number of benzene rings is 2. The highest BCUT2D eigenvalue weighted by Gasteiger charge is 2.16. The Bertz CT molecular complexity index is 735. The first-order valence-electron chi connectivity index (χ1n) is 8.05. The molecule has 0 aromatic heterocycles. The summed E-state index contributed by atoms with van der Waals surface area (Å²) in [7, 11) is 3.38. The van der Waals surface area contributed by atoms with Crippen LogP contribution in [0.3, 0.4) is 0 Å². The Labute approximate surface area is 159 Å². The van der Waals surface area contributed by atoms with E-state index < -0.39 is 0 Å². The molecule has 140 valence electrons. The van der Waals surface area contributed by atoms with E-state index in [1.165, 1.54) is 0 Å². The molecule has 7 heteroatoms. The summed E-state index contributed by atoms with van der Waals surface area (Å²) in [6, 6.07) is 14.0. The summed E-state index contributed by atoms with van der Waals surface area (Å²) in [6.45, 7) is 2.39. The monoisotopic (exact) mass is 377 g/mol. The Kier molecular flexibility index (Phi) is 8.61. The Morgan fingerprint density at radius 1 is 1.04 bits per heavy atom. The number of halogens is 1. The van der Waals surface area contributed by atoms with Gasteiger partial charge in [0, 0.05) is 18.2 Å². The van der Waals surface area contributed by atoms with Crippen LogP contribution in [0.4, 0.5) is 11.4 Å². The van der Waals surface area contributed by atoms with E-state index in [1.54, 1.807) is 62.7 Å². The van der Waals surface area contributed by atoms with Crippen LogP contribution in [0.25, 0.3) is 0 Å². The molecule has 1 atom stereocenters. The van der Waals surface area contributed by atoms with Crippen molar-refractivity contribution in [3.8, 4) is 5.75 Å². The van der Waals surface area contributed by atoms with Crippen LogP contribution < -0.4 is 20.7 Å². The van der Waals surface area contributed by atoms with Gasteiger partial charge in [-0.1, -0.05) is 19.1 Å². The summed E-state index contributed by atoms with van der Waals surface area (Å²) in [5, 5.41) is 8.60. The molecule has 0 heterocycles. The van der Waals surface area contributed by atoms with Crippen molar-refractivity contribution in [2.75, 3.05) is 31.3 Å². The van der Waals surface area contributed by atoms with Gasteiger partial charge in [0.1, 0.15) is 5.75 Å². The van der Waals surface area contributed by atoms with E-state index in [9.17, 15) is 9.59 Å². The maximum Gasteiger partial charge on any atom is 0.257 e. The van der Waals surface area contributed by atoms with Crippen molar-refractivity contribution in [1.29, 1.82) is 0 Å². The van der Waals surface area contributed by atoms with E-state index in [0.717, 1.165) is 0 Å². The standard InChI is InChI=1S/C19H23N3O3.ClH/c1-13(12-20-2)18(23)22-17-7-5-4-6-16(17)19(24)21-14-8-10-15(25-3)11-9-14;/h4-11,13,20H,12H2,1-3H3,(H,21,24)(H,22,23);1H. The Balaban J connectivity index is 0.00000338. The number of ether oxygens (including phenoxy) is 1. The first kappa shape index (κ1) is 21.5. The van der Waals surface area contributed by atoms with Gasteiger partial charge >= 0.3 is 0 Å². The zero-order valence-corrected chi connectivity index (χ0v) is 15.9. The Morgan fingerprint density at radius 2 is 1.69 bits per heavy atom. The van der Waals surface area contributed by atoms with Crippen LogP contribution in [0.5, 0.6) is 5.75 Å². The van der Waals surface area contributed by atoms with Gasteiger partial charge in [0.15, 0.2) is 0 Å². The first-order chi connectivity index (χ1) is 12.0. The van der Waals surface area contributed by atoms with E-state index >= 15 is 0 Å². The third-order valence-electron chi connectivity index (χ3n) is 3.74. The average Bonchev–Trinajstić information content (AvgIpc) is 2.63. The molecule has 2 rings (SSSR count). The molecular weight excluding hydrogens is 354 g/mol. The van der Waals surface area contributed by atoms with Crippen molar-refractivity contribution in [2.45, 2.75) is 6.92 Å². The second-order valence-corrected chi connectivity index (χ2v) is 5.68. The molecule has 26 heavy (non-hydrogen) atoms. The number of nitrogens with one attached hydrogen (secondary N) is 3. The van der Waals surface area contributed by atoms with E-state index in [1.807, 2.05) is 6.92 Å². The van der Waals surface area contributed by atoms with Gasteiger partial charge in [0.25, 0.3) is 5.91 Å². The summed E-state index contributed by atoms with van der Waals surface area (Å²) in [6.07, 6.45) is 0. The van der Waals surface area contributed by atoms with Crippen molar-refractivity contribution >= 4 is 35.6 Å². The molecule has 2 aromatic rings. The van der Waals surface area contributed by atoms with Crippen LogP contribution in [0.2, 0.25) is 0 Å². The lowest BCUT2D eigenvalue weighted by atomic mass is 10.1. The van der Waals surface area contributed by atoms with Crippen molar-refractivity contribution < 1.29 is 14.3 Å². The lowest BCUT2D eigenvalue weighted by Gasteiger charge is -2.14. The van der Waals surface area contributed by atoms with Crippen LogP contribution in [-0.4, -0.2) is 32.5 Å². The highest BCUT2D eigenvalue weighted by atomic mass is 35.5. The number of para-hydroxylation sites is 1. The van der Waals surface area contributed by atoms with Crippen molar-refractivity contribution in [3.05, 3.63) is 54.1 Å². The van der Waals surface area contributed by atoms with Gasteiger partial charge in [0.2, 0.25) is 5.91 Å². The summed E-state index contributed by atoms with van der Waals surface area (Å²) < 4.78 is 5.10. The average molecular weight is 378 g/mol. The number of anilines is 2. The van der Waals surface area contributed by atoms with Crippen LogP contribution in [0.1, 0.15) is 17.3 Å². The lowest BCUT2D eigenvalue weighted by molar-refractivity contribution is -0.119. The Hall–Kier alpha value is -2.57. The quantitative estimate of drug-likeness (QED) is 0.692. The fraction of sp³-hybridized carbons (Fsp3) is 0.263. The van der Waals surface area contributed by atoms with E-state index in [-0.39, 0.29) is 30.1 Å². The summed E-state index contributed by atoms with van der Waals surface area (Å²) in [5.74, 6) is 0.0771. The predicted octanol–water partition coefficient (Wildman–Crippen LogP) is 3.16. The smallest absolute Gasteiger partial charge is 0.257 e. The Morgan fingerprint density at radius 3 is 2.31 bits per heavy atom. The van der Waals surface area contributed by atoms with Gasteiger partial charge in [-0.2, -0.15) is 0 Å². The lowest BCUT2D eigenvalue weighted by Crippen LogP contribution is -2.29. The molecule has 1 unspecified atom stereocenters. The summed E-state index contributed by atoms with van der Waals surface area (Å²) >= 11 is 0. The van der Waals surface area contributed by atoms with Gasteiger partial charge in [-0.05, 0) is 43.4 Å². The molecule has 0 fully saturated rings. The molecule has 2 amide bonds. The van der Waals surface area contributed by atoms with Crippen LogP contribution >= 0.6 is 12.4 Å².